The molecule has 0 aliphatic heterocycles. The third-order valence-corrected chi connectivity index (χ3v) is 3.37. The van der Waals surface area contributed by atoms with Gasteiger partial charge in [0.2, 0.25) is 0 Å². The van der Waals surface area contributed by atoms with E-state index in [-0.39, 0.29) is 6.04 Å². The Bertz CT molecular complexity index is 524. The maximum Gasteiger partial charge on any atom is 0.406 e. The summed E-state index contributed by atoms with van der Waals surface area (Å²) in [6.45, 7) is 3.11. The number of hydrogen-bond acceptors (Lipinski definition) is 2. The van der Waals surface area contributed by atoms with Crippen LogP contribution >= 0.6 is 0 Å². The maximum absolute atomic E-state index is 12.7. The van der Waals surface area contributed by atoms with E-state index in [0.29, 0.717) is 30.6 Å². The summed E-state index contributed by atoms with van der Waals surface area (Å²) in [6, 6.07) is 4.94. The van der Waals surface area contributed by atoms with Crippen LogP contribution in [-0.4, -0.2) is 36.1 Å². The van der Waals surface area contributed by atoms with Gasteiger partial charge in [-0.25, -0.2) is 0 Å². The first kappa shape index (κ1) is 15.7. The van der Waals surface area contributed by atoms with E-state index in [1.54, 1.807) is 12.1 Å². The largest absolute Gasteiger partial charge is 0.406 e. The van der Waals surface area contributed by atoms with Crippen molar-refractivity contribution in [1.82, 2.24) is 4.90 Å². The predicted octanol–water partition coefficient (Wildman–Crippen LogP) is 3.59. The van der Waals surface area contributed by atoms with Crippen LogP contribution in [0.3, 0.4) is 0 Å². The Balaban J connectivity index is 2.29. The number of hydrogen-bond donors (Lipinski definition) is 1. The molecule has 0 spiro atoms. The van der Waals surface area contributed by atoms with Gasteiger partial charge >= 0.3 is 6.18 Å². The molecule has 1 amide bonds. The van der Waals surface area contributed by atoms with Gasteiger partial charge in [0.1, 0.15) is 6.54 Å². The van der Waals surface area contributed by atoms with Crippen molar-refractivity contribution in [2.75, 3.05) is 18.4 Å². The van der Waals surface area contributed by atoms with E-state index in [9.17, 15) is 18.0 Å². The molecule has 2 rings (SSSR count). The second kappa shape index (κ2) is 5.95. The zero-order valence-electron chi connectivity index (χ0n) is 12.1. The Kier molecular flexibility index (Phi) is 4.44. The van der Waals surface area contributed by atoms with Gasteiger partial charge in [0.15, 0.2) is 0 Å². The average molecular weight is 300 g/mol. The van der Waals surface area contributed by atoms with Gasteiger partial charge in [-0.05, 0) is 38.8 Å². The van der Waals surface area contributed by atoms with Gasteiger partial charge in [-0.3, -0.25) is 4.79 Å². The van der Waals surface area contributed by atoms with Crippen LogP contribution < -0.4 is 5.32 Å². The number of benzene rings is 1. The van der Waals surface area contributed by atoms with Gasteiger partial charge in [-0.2, -0.15) is 13.2 Å². The molecule has 1 aromatic carbocycles. The molecule has 1 N–H and O–H groups in total. The normalized spacial score (nSPS) is 14.9. The van der Waals surface area contributed by atoms with E-state index in [1.807, 2.05) is 19.9 Å². The molecule has 1 aliphatic carbocycles. The van der Waals surface area contributed by atoms with Crippen LogP contribution in [0.25, 0.3) is 0 Å². The Labute approximate surface area is 122 Å². The lowest BCUT2D eigenvalue weighted by molar-refractivity contribution is -0.141. The third kappa shape index (κ3) is 4.12. The molecule has 0 aromatic heterocycles. The Hall–Kier alpha value is -1.72. The SMILES string of the molecule is CCNc1ccc(C)cc1C(=O)N(CC(F)(F)F)C1CC1. The number of alkyl halides is 3. The summed E-state index contributed by atoms with van der Waals surface area (Å²) in [5.41, 5.74) is 1.75. The zero-order valence-corrected chi connectivity index (χ0v) is 12.1. The minimum atomic E-state index is -4.37. The fourth-order valence-electron chi connectivity index (χ4n) is 2.28. The van der Waals surface area contributed by atoms with Crippen LogP contribution in [-0.2, 0) is 0 Å². The van der Waals surface area contributed by atoms with E-state index in [2.05, 4.69) is 5.32 Å². The van der Waals surface area contributed by atoms with Crippen LogP contribution in [0.1, 0.15) is 35.7 Å². The van der Waals surface area contributed by atoms with E-state index >= 15 is 0 Å². The molecule has 1 saturated carbocycles. The van der Waals surface area contributed by atoms with Crippen LogP contribution in [0.2, 0.25) is 0 Å². The molecule has 3 nitrogen and oxygen atoms in total. The molecule has 0 heterocycles. The Morgan fingerprint density at radius 1 is 1.38 bits per heavy atom. The number of carbonyl (C=O) groups excluding carboxylic acids is 1. The highest BCUT2D eigenvalue weighted by atomic mass is 19.4. The Morgan fingerprint density at radius 2 is 2.05 bits per heavy atom. The van der Waals surface area contributed by atoms with Crippen LogP contribution in [0.5, 0.6) is 0 Å². The first-order chi connectivity index (χ1) is 9.81. The van der Waals surface area contributed by atoms with Gasteiger partial charge in [-0.1, -0.05) is 11.6 Å². The number of anilines is 1. The molecule has 0 unspecified atom stereocenters. The topological polar surface area (TPSA) is 32.3 Å². The summed E-state index contributed by atoms with van der Waals surface area (Å²) < 4.78 is 38.1. The second-order valence-electron chi connectivity index (χ2n) is 5.36. The summed E-state index contributed by atoms with van der Waals surface area (Å²) >= 11 is 0. The summed E-state index contributed by atoms with van der Waals surface area (Å²) in [5.74, 6) is -0.547. The summed E-state index contributed by atoms with van der Waals surface area (Å²) in [6.07, 6.45) is -3.09. The number of nitrogens with one attached hydrogen (secondary N) is 1. The van der Waals surface area contributed by atoms with Crippen molar-refractivity contribution in [2.24, 2.45) is 0 Å². The molecular formula is C15H19F3N2O. The molecule has 1 aromatic rings. The molecule has 116 valence electrons. The summed E-state index contributed by atoms with van der Waals surface area (Å²) in [5, 5.41) is 3.03. The van der Waals surface area contributed by atoms with Gasteiger partial charge in [-0.15, -0.1) is 0 Å². The van der Waals surface area contributed by atoms with E-state index in [0.717, 1.165) is 10.5 Å². The van der Waals surface area contributed by atoms with Gasteiger partial charge in [0, 0.05) is 18.3 Å². The smallest absolute Gasteiger partial charge is 0.385 e. The van der Waals surface area contributed by atoms with E-state index in [1.165, 1.54) is 0 Å². The van der Waals surface area contributed by atoms with Crippen molar-refractivity contribution in [3.05, 3.63) is 29.3 Å². The lowest BCUT2D eigenvalue weighted by Gasteiger charge is -2.25. The second-order valence-corrected chi connectivity index (χ2v) is 5.36. The van der Waals surface area contributed by atoms with Crippen molar-refractivity contribution in [1.29, 1.82) is 0 Å². The molecule has 1 fully saturated rings. The minimum absolute atomic E-state index is 0.283. The first-order valence-corrected chi connectivity index (χ1v) is 7.04. The fourth-order valence-corrected chi connectivity index (χ4v) is 2.28. The van der Waals surface area contributed by atoms with Crippen molar-refractivity contribution in [2.45, 2.75) is 38.9 Å². The zero-order chi connectivity index (χ0) is 15.6. The highest BCUT2D eigenvalue weighted by Gasteiger charge is 2.41. The molecule has 0 bridgehead atoms. The molecule has 0 atom stereocenters. The maximum atomic E-state index is 12.7. The van der Waals surface area contributed by atoms with Crippen molar-refractivity contribution >= 4 is 11.6 Å². The highest BCUT2D eigenvalue weighted by Crippen LogP contribution is 2.32. The van der Waals surface area contributed by atoms with Gasteiger partial charge in [0.25, 0.3) is 5.91 Å². The standard InChI is InChI=1S/C15H19F3N2O/c1-3-19-13-7-4-10(2)8-12(13)14(21)20(11-5-6-11)9-15(16,17)18/h4,7-8,11,19H,3,5-6,9H2,1-2H3. The number of nitrogens with zero attached hydrogens (tertiary/aromatic N) is 1. The molecular weight excluding hydrogens is 281 g/mol. The number of halogens is 3. The highest BCUT2D eigenvalue weighted by molar-refractivity contribution is 6.00. The summed E-state index contributed by atoms with van der Waals surface area (Å²) in [4.78, 5) is 13.5. The molecule has 6 heteroatoms. The molecule has 0 saturated heterocycles. The van der Waals surface area contributed by atoms with E-state index < -0.39 is 18.6 Å². The van der Waals surface area contributed by atoms with Gasteiger partial charge in [0.05, 0.1) is 5.56 Å². The number of aryl methyl sites for hydroxylation is 1. The number of rotatable bonds is 5. The van der Waals surface area contributed by atoms with Crippen LogP contribution in [0.4, 0.5) is 18.9 Å². The van der Waals surface area contributed by atoms with Crippen LogP contribution in [0, 0.1) is 6.92 Å². The number of carbonyl (C=O) groups is 1. The molecule has 1 aliphatic rings. The molecule has 21 heavy (non-hydrogen) atoms. The Morgan fingerprint density at radius 3 is 2.57 bits per heavy atom. The van der Waals surface area contributed by atoms with E-state index in [4.69, 9.17) is 0 Å². The molecule has 0 radical (unpaired) electrons. The lowest BCUT2D eigenvalue weighted by Crippen LogP contribution is -2.40. The number of amides is 1. The average Bonchev–Trinajstić information content (AvgIpc) is 3.21. The quantitative estimate of drug-likeness (QED) is 0.901. The minimum Gasteiger partial charge on any atom is -0.385 e. The lowest BCUT2D eigenvalue weighted by atomic mass is 10.1. The van der Waals surface area contributed by atoms with Gasteiger partial charge < -0.3 is 10.2 Å². The van der Waals surface area contributed by atoms with Crippen molar-refractivity contribution in [3.8, 4) is 0 Å². The summed E-state index contributed by atoms with van der Waals surface area (Å²) in [7, 11) is 0. The van der Waals surface area contributed by atoms with Crippen LogP contribution in [0.15, 0.2) is 18.2 Å². The van der Waals surface area contributed by atoms with Crippen molar-refractivity contribution in [3.63, 3.8) is 0 Å². The van der Waals surface area contributed by atoms with Crippen molar-refractivity contribution < 1.29 is 18.0 Å². The third-order valence-electron chi connectivity index (χ3n) is 3.37. The monoisotopic (exact) mass is 300 g/mol. The predicted molar refractivity (Wildman–Crippen MR) is 75.5 cm³/mol. The first-order valence-electron chi connectivity index (χ1n) is 7.04. The fraction of sp³-hybridized carbons (Fsp3) is 0.533.